The summed E-state index contributed by atoms with van der Waals surface area (Å²) in [5, 5.41) is 7.56. The molecule has 0 saturated heterocycles. The van der Waals surface area contributed by atoms with E-state index in [2.05, 4.69) is 27.9 Å². The third-order valence-corrected chi connectivity index (χ3v) is 5.15. The molecule has 2 heterocycles. The van der Waals surface area contributed by atoms with E-state index in [0.717, 1.165) is 33.6 Å². The van der Waals surface area contributed by atoms with Gasteiger partial charge < -0.3 is 11.1 Å². The Morgan fingerprint density at radius 2 is 2.32 bits per heavy atom. The maximum atomic E-state index is 5.97. The molecule has 0 aromatic carbocycles. The number of hydrogen-bond donors (Lipinski definition) is 2. The first-order valence-electron chi connectivity index (χ1n) is 6.02. The minimum Gasteiger partial charge on any atom is -0.382 e. The lowest BCUT2D eigenvalue weighted by atomic mass is 10.2. The highest BCUT2D eigenvalue weighted by atomic mass is 32.2. The number of nitrogens with one attached hydrogen (secondary N) is 1. The van der Waals surface area contributed by atoms with Crippen LogP contribution in [0.25, 0.3) is 11.3 Å². The normalized spacial score (nSPS) is 12.6. The second-order valence-electron chi connectivity index (χ2n) is 4.47. The number of aromatic nitrogens is 2. The van der Waals surface area contributed by atoms with Gasteiger partial charge in [0.1, 0.15) is 10.8 Å². The predicted octanol–water partition coefficient (Wildman–Crippen LogP) is 3.57. The Bertz CT molecular complexity index is 535. The molecule has 0 bridgehead atoms. The molecule has 0 amide bonds. The number of thioether (sulfide) groups is 1. The molecule has 2 aromatic rings. The molecule has 4 nitrogen and oxygen atoms in total. The van der Waals surface area contributed by atoms with Gasteiger partial charge in [-0.3, -0.25) is 0 Å². The molecule has 7 heteroatoms. The average molecular weight is 315 g/mol. The van der Waals surface area contributed by atoms with Crippen LogP contribution in [0, 0.1) is 12.8 Å². The molecule has 1 atom stereocenters. The fourth-order valence-corrected chi connectivity index (χ4v) is 3.78. The summed E-state index contributed by atoms with van der Waals surface area (Å²) in [4.78, 5) is 4.50. The zero-order valence-corrected chi connectivity index (χ0v) is 13.7. The fourth-order valence-electron chi connectivity index (χ4n) is 1.76. The molecule has 0 saturated carbocycles. The van der Waals surface area contributed by atoms with Crippen LogP contribution in [0.1, 0.15) is 11.9 Å². The highest BCUT2D eigenvalue weighted by molar-refractivity contribution is 7.98. The van der Waals surface area contributed by atoms with Crippen molar-refractivity contribution in [3.8, 4) is 11.3 Å². The molecule has 104 valence electrons. The lowest BCUT2D eigenvalue weighted by molar-refractivity contribution is 0.703. The van der Waals surface area contributed by atoms with Crippen molar-refractivity contribution in [1.29, 1.82) is 0 Å². The molecule has 0 aliphatic carbocycles. The van der Waals surface area contributed by atoms with Gasteiger partial charge in [-0.2, -0.15) is 16.1 Å². The minimum atomic E-state index is 0.565. The van der Waals surface area contributed by atoms with Crippen molar-refractivity contribution in [3.63, 3.8) is 0 Å². The maximum absolute atomic E-state index is 5.97. The number of nitrogens with two attached hydrogens (primary N) is 1. The van der Waals surface area contributed by atoms with Gasteiger partial charge in [0, 0.05) is 11.9 Å². The van der Waals surface area contributed by atoms with Gasteiger partial charge in [-0.1, -0.05) is 6.92 Å². The van der Waals surface area contributed by atoms with Crippen LogP contribution in [0.15, 0.2) is 5.38 Å². The van der Waals surface area contributed by atoms with Crippen LogP contribution in [0.2, 0.25) is 0 Å². The second kappa shape index (κ2) is 6.58. The number of anilines is 2. The quantitative estimate of drug-likeness (QED) is 0.853. The largest absolute Gasteiger partial charge is 0.382 e. The summed E-state index contributed by atoms with van der Waals surface area (Å²) in [5.74, 6) is 2.32. The lowest BCUT2D eigenvalue weighted by Crippen LogP contribution is -2.13. The van der Waals surface area contributed by atoms with Gasteiger partial charge in [-0.15, -0.1) is 11.3 Å². The van der Waals surface area contributed by atoms with Crippen LogP contribution in [0.5, 0.6) is 0 Å². The van der Waals surface area contributed by atoms with E-state index in [1.807, 2.05) is 24.1 Å². The predicted molar refractivity (Wildman–Crippen MR) is 88.4 cm³/mol. The van der Waals surface area contributed by atoms with Gasteiger partial charge >= 0.3 is 0 Å². The molecule has 3 N–H and O–H groups in total. The molecule has 0 aliphatic heterocycles. The molecule has 0 fully saturated rings. The van der Waals surface area contributed by atoms with E-state index in [9.17, 15) is 0 Å². The van der Waals surface area contributed by atoms with E-state index in [-0.39, 0.29) is 0 Å². The Balaban J connectivity index is 2.14. The van der Waals surface area contributed by atoms with Crippen LogP contribution in [-0.2, 0) is 0 Å². The van der Waals surface area contributed by atoms with Gasteiger partial charge in [0.2, 0.25) is 0 Å². The Morgan fingerprint density at radius 3 is 2.95 bits per heavy atom. The molecule has 19 heavy (non-hydrogen) atoms. The van der Waals surface area contributed by atoms with Crippen molar-refractivity contribution in [2.24, 2.45) is 5.92 Å². The highest BCUT2D eigenvalue weighted by Crippen LogP contribution is 2.37. The standard InChI is InChI=1S/C12H18N4S3/c1-7(5-17-3)4-14-12-10(11(13)16-19-12)9-6-18-8(2)15-9/h6-7,14H,4-5H2,1-3H3,(H2,13,16). The van der Waals surface area contributed by atoms with Crippen LogP contribution >= 0.6 is 34.6 Å². The molecular weight excluding hydrogens is 296 g/mol. The van der Waals surface area contributed by atoms with Crippen molar-refractivity contribution in [2.75, 3.05) is 29.6 Å². The SMILES string of the molecule is CSCC(C)CNc1snc(N)c1-c1csc(C)n1. The van der Waals surface area contributed by atoms with Crippen LogP contribution < -0.4 is 11.1 Å². The van der Waals surface area contributed by atoms with Gasteiger partial charge in [0.25, 0.3) is 0 Å². The Labute approximate surface area is 126 Å². The Morgan fingerprint density at radius 1 is 1.53 bits per heavy atom. The fraction of sp³-hybridized carbons (Fsp3) is 0.500. The number of nitrogen functional groups attached to an aromatic ring is 1. The maximum Gasteiger partial charge on any atom is 0.148 e. The summed E-state index contributed by atoms with van der Waals surface area (Å²) < 4.78 is 4.24. The number of thiazole rings is 1. The van der Waals surface area contributed by atoms with Crippen LogP contribution in [0.3, 0.4) is 0 Å². The molecule has 1 unspecified atom stereocenters. The first kappa shape index (κ1) is 14.6. The highest BCUT2D eigenvalue weighted by Gasteiger charge is 2.16. The van der Waals surface area contributed by atoms with Crippen molar-refractivity contribution < 1.29 is 0 Å². The average Bonchev–Trinajstić information content (AvgIpc) is 2.93. The first-order valence-corrected chi connectivity index (χ1v) is 9.07. The zero-order valence-electron chi connectivity index (χ0n) is 11.3. The summed E-state index contributed by atoms with van der Waals surface area (Å²) in [5.41, 5.74) is 7.84. The van der Waals surface area contributed by atoms with Gasteiger partial charge in [0.15, 0.2) is 0 Å². The Hall–Kier alpha value is -0.790. The van der Waals surface area contributed by atoms with E-state index >= 15 is 0 Å². The number of hydrogen-bond acceptors (Lipinski definition) is 7. The number of aryl methyl sites for hydroxylation is 1. The van der Waals surface area contributed by atoms with Crippen molar-refractivity contribution >= 4 is 45.5 Å². The second-order valence-corrected chi connectivity index (χ2v) is 7.21. The third kappa shape index (κ3) is 3.61. The van der Waals surface area contributed by atoms with Gasteiger partial charge in [0.05, 0.1) is 16.3 Å². The summed E-state index contributed by atoms with van der Waals surface area (Å²) in [6, 6.07) is 0. The zero-order chi connectivity index (χ0) is 13.8. The third-order valence-electron chi connectivity index (χ3n) is 2.66. The van der Waals surface area contributed by atoms with Crippen molar-refractivity contribution in [3.05, 3.63) is 10.4 Å². The number of rotatable bonds is 6. The van der Waals surface area contributed by atoms with Crippen molar-refractivity contribution in [2.45, 2.75) is 13.8 Å². The van der Waals surface area contributed by atoms with E-state index in [1.54, 1.807) is 11.3 Å². The summed E-state index contributed by atoms with van der Waals surface area (Å²) in [6.45, 7) is 5.16. The molecule has 0 aliphatic rings. The molecule has 2 aromatic heterocycles. The molecular formula is C12H18N4S3. The van der Waals surface area contributed by atoms with Gasteiger partial charge in [-0.25, -0.2) is 4.98 Å². The van der Waals surface area contributed by atoms with E-state index in [4.69, 9.17) is 5.73 Å². The minimum absolute atomic E-state index is 0.565. The topological polar surface area (TPSA) is 63.8 Å². The lowest BCUT2D eigenvalue weighted by Gasteiger charge is -2.11. The first-order chi connectivity index (χ1) is 9.11. The van der Waals surface area contributed by atoms with Crippen molar-refractivity contribution in [1.82, 2.24) is 9.36 Å². The van der Waals surface area contributed by atoms with Crippen LogP contribution in [0.4, 0.5) is 10.8 Å². The number of nitrogens with zero attached hydrogens (tertiary/aromatic N) is 2. The summed E-state index contributed by atoms with van der Waals surface area (Å²) in [7, 11) is 0. The summed E-state index contributed by atoms with van der Waals surface area (Å²) in [6.07, 6.45) is 2.13. The van der Waals surface area contributed by atoms with E-state index in [0.29, 0.717) is 11.7 Å². The van der Waals surface area contributed by atoms with E-state index < -0.39 is 0 Å². The summed E-state index contributed by atoms with van der Waals surface area (Å²) >= 11 is 4.91. The molecule has 0 radical (unpaired) electrons. The van der Waals surface area contributed by atoms with Gasteiger partial charge in [-0.05, 0) is 36.4 Å². The Kier molecular flexibility index (Phi) is 5.06. The van der Waals surface area contributed by atoms with E-state index in [1.165, 1.54) is 11.5 Å². The molecule has 0 spiro atoms. The monoisotopic (exact) mass is 314 g/mol. The molecule has 2 rings (SSSR count). The van der Waals surface area contributed by atoms with Crippen LogP contribution in [-0.4, -0.2) is 27.9 Å². The smallest absolute Gasteiger partial charge is 0.148 e.